The summed E-state index contributed by atoms with van der Waals surface area (Å²) in [4.78, 5) is 13.9. The molecule has 4 nitrogen and oxygen atoms in total. The maximum absolute atomic E-state index is 12.2. The van der Waals surface area contributed by atoms with Gasteiger partial charge in [-0.25, -0.2) is 5.26 Å². The molecule has 2 rings (SSSR count). The Morgan fingerprint density at radius 3 is 2.28 bits per heavy atom. The highest BCUT2D eigenvalue weighted by molar-refractivity contribution is 6.67. The van der Waals surface area contributed by atoms with Gasteiger partial charge in [-0.3, -0.25) is 4.79 Å². The summed E-state index contributed by atoms with van der Waals surface area (Å²) in [7, 11) is 0. The summed E-state index contributed by atoms with van der Waals surface area (Å²) in [5, 5.41) is 17.5. The number of benzene rings is 1. The SMILES string of the molecule is N#CB1CCN(C(=O)c2ccc(C#N)cc2)CC1. The molecule has 1 aromatic rings. The predicted molar refractivity (Wildman–Crippen MR) is 68.0 cm³/mol. The number of hydrogen-bond donors (Lipinski definition) is 0. The zero-order chi connectivity index (χ0) is 13.0. The molecule has 1 saturated heterocycles. The van der Waals surface area contributed by atoms with Crippen LogP contribution in [0.3, 0.4) is 0 Å². The molecule has 0 aliphatic carbocycles. The van der Waals surface area contributed by atoms with E-state index in [1.54, 1.807) is 29.2 Å². The summed E-state index contributed by atoms with van der Waals surface area (Å²) in [5.41, 5.74) is 1.15. The van der Waals surface area contributed by atoms with Crippen molar-refractivity contribution in [3.8, 4) is 12.0 Å². The molecule has 0 saturated carbocycles. The highest BCUT2D eigenvalue weighted by Crippen LogP contribution is 2.14. The second kappa shape index (κ2) is 5.38. The first-order valence-corrected chi connectivity index (χ1v) is 5.93. The summed E-state index contributed by atoms with van der Waals surface area (Å²) in [5.74, 6) is 2.23. The fourth-order valence-corrected chi connectivity index (χ4v) is 2.08. The average Bonchev–Trinajstić information content (AvgIpc) is 2.47. The van der Waals surface area contributed by atoms with Gasteiger partial charge in [-0.05, 0) is 36.9 Å². The molecule has 0 unspecified atom stereocenters. The van der Waals surface area contributed by atoms with E-state index in [0.29, 0.717) is 24.2 Å². The van der Waals surface area contributed by atoms with Crippen molar-refractivity contribution in [1.29, 1.82) is 10.5 Å². The van der Waals surface area contributed by atoms with Gasteiger partial charge in [0.05, 0.1) is 11.6 Å². The molecule has 0 atom stereocenters. The van der Waals surface area contributed by atoms with E-state index in [1.165, 1.54) is 0 Å². The first-order valence-electron chi connectivity index (χ1n) is 5.93. The second-order valence-corrected chi connectivity index (χ2v) is 4.38. The van der Waals surface area contributed by atoms with Crippen LogP contribution in [0.4, 0.5) is 0 Å². The van der Waals surface area contributed by atoms with E-state index in [1.807, 2.05) is 6.07 Å². The van der Waals surface area contributed by atoms with Gasteiger partial charge in [0.2, 0.25) is 0 Å². The van der Waals surface area contributed by atoms with Crippen molar-refractivity contribution in [1.82, 2.24) is 4.90 Å². The molecule has 0 aromatic heterocycles. The highest BCUT2D eigenvalue weighted by Gasteiger charge is 2.25. The number of hydrogen-bond acceptors (Lipinski definition) is 3. The molecular formula is C13H12BN3O. The molecule has 0 N–H and O–H groups in total. The minimum absolute atomic E-state index is 0.0177. The van der Waals surface area contributed by atoms with E-state index < -0.39 is 0 Å². The van der Waals surface area contributed by atoms with Crippen molar-refractivity contribution in [2.75, 3.05) is 13.1 Å². The number of carbonyl (C=O) groups excluding carboxylic acids is 1. The lowest BCUT2D eigenvalue weighted by Gasteiger charge is -2.28. The Bertz CT molecular complexity index is 519. The molecule has 5 heteroatoms. The first kappa shape index (κ1) is 12.2. The van der Waals surface area contributed by atoms with E-state index in [2.05, 4.69) is 5.97 Å². The minimum Gasteiger partial charge on any atom is -0.340 e. The fraction of sp³-hybridized carbons (Fsp3) is 0.308. The first-order chi connectivity index (χ1) is 8.74. The monoisotopic (exact) mass is 237 g/mol. The van der Waals surface area contributed by atoms with Crippen LogP contribution < -0.4 is 0 Å². The summed E-state index contributed by atoms with van der Waals surface area (Å²) in [6.07, 6.45) is 1.50. The maximum Gasteiger partial charge on any atom is 0.271 e. The number of carbonyl (C=O) groups is 1. The van der Waals surface area contributed by atoms with Crippen LogP contribution >= 0.6 is 0 Å². The smallest absolute Gasteiger partial charge is 0.271 e. The summed E-state index contributed by atoms with van der Waals surface area (Å²) < 4.78 is 0. The normalized spacial score (nSPS) is 14.8. The Labute approximate surface area is 107 Å². The highest BCUT2D eigenvalue weighted by atomic mass is 16.2. The Balaban J connectivity index is 2.04. The van der Waals surface area contributed by atoms with Gasteiger partial charge in [-0.1, -0.05) is 0 Å². The molecule has 0 spiro atoms. The van der Waals surface area contributed by atoms with Gasteiger partial charge < -0.3 is 4.90 Å². The van der Waals surface area contributed by atoms with Crippen LogP contribution in [0, 0.1) is 22.6 Å². The number of nitriles is 2. The van der Waals surface area contributed by atoms with Gasteiger partial charge in [0.25, 0.3) is 12.6 Å². The molecule has 88 valence electrons. The van der Waals surface area contributed by atoms with Gasteiger partial charge in [0, 0.05) is 24.6 Å². The Hall–Kier alpha value is -2.27. The van der Waals surface area contributed by atoms with E-state index in [9.17, 15) is 4.79 Å². The molecule has 1 fully saturated rings. The lowest BCUT2D eigenvalue weighted by atomic mass is 9.45. The van der Waals surface area contributed by atoms with Crippen molar-refractivity contribution in [3.05, 3.63) is 35.4 Å². The van der Waals surface area contributed by atoms with Gasteiger partial charge in [0.1, 0.15) is 0 Å². The minimum atomic E-state index is -0.0177. The van der Waals surface area contributed by atoms with E-state index in [0.717, 1.165) is 12.6 Å². The van der Waals surface area contributed by atoms with Crippen molar-refractivity contribution in [3.63, 3.8) is 0 Å². The van der Waals surface area contributed by atoms with Crippen LogP contribution in [0.2, 0.25) is 12.6 Å². The second-order valence-electron chi connectivity index (χ2n) is 4.38. The van der Waals surface area contributed by atoms with Crippen LogP contribution in [-0.2, 0) is 0 Å². The quantitative estimate of drug-likeness (QED) is 0.696. The molecular weight excluding hydrogens is 225 g/mol. The number of amides is 1. The third-order valence-corrected chi connectivity index (χ3v) is 3.23. The molecule has 1 aliphatic rings. The summed E-state index contributed by atoms with van der Waals surface area (Å²) >= 11 is 0. The zero-order valence-electron chi connectivity index (χ0n) is 9.97. The van der Waals surface area contributed by atoms with Crippen LogP contribution in [0.1, 0.15) is 15.9 Å². The average molecular weight is 237 g/mol. The lowest BCUT2D eigenvalue weighted by molar-refractivity contribution is 0.0766. The van der Waals surface area contributed by atoms with Crippen LogP contribution in [0.15, 0.2) is 24.3 Å². The topological polar surface area (TPSA) is 67.9 Å². The number of rotatable bonds is 1. The van der Waals surface area contributed by atoms with Gasteiger partial charge in [-0.2, -0.15) is 5.26 Å². The van der Waals surface area contributed by atoms with Crippen LogP contribution in [0.5, 0.6) is 0 Å². The molecule has 1 aromatic carbocycles. The standard InChI is InChI=1S/C13H12BN3O/c15-9-11-1-3-12(4-2-11)13(18)17-7-5-14(10-16)6-8-17/h1-4H,5-8H2. The van der Waals surface area contributed by atoms with Crippen molar-refractivity contribution >= 4 is 12.6 Å². The van der Waals surface area contributed by atoms with E-state index >= 15 is 0 Å². The van der Waals surface area contributed by atoms with Gasteiger partial charge in [0.15, 0.2) is 0 Å². The third-order valence-electron chi connectivity index (χ3n) is 3.23. The maximum atomic E-state index is 12.2. The lowest BCUT2D eigenvalue weighted by Crippen LogP contribution is -2.40. The Morgan fingerprint density at radius 2 is 1.78 bits per heavy atom. The predicted octanol–water partition coefficient (Wildman–Crippen LogP) is 1.57. The van der Waals surface area contributed by atoms with Gasteiger partial charge in [-0.15, -0.1) is 0 Å². The molecule has 1 amide bonds. The molecule has 18 heavy (non-hydrogen) atoms. The van der Waals surface area contributed by atoms with E-state index in [-0.39, 0.29) is 12.6 Å². The molecule has 0 bridgehead atoms. The van der Waals surface area contributed by atoms with Crippen molar-refractivity contribution in [2.24, 2.45) is 0 Å². The Kier molecular flexibility index (Phi) is 3.64. The van der Waals surface area contributed by atoms with E-state index in [4.69, 9.17) is 10.5 Å². The van der Waals surface area contributed by atoms with Crippen molar-refractivity contribution in [2.45, 2.75) is 12.6 Å². The van der Waals surface area contributed by atoms with Crippen molar-refractivity contribution < 1.29 is 4.79 Å². The summed E-state index contributed by atoms with van der Waals surface area (Å²) in [6.45, 7) is 1.35. The van der Waals surface area contributed by atoms with Crippen LogP contribution in [-0.4, -0.2) is 30.6 Å². The Morgan fingerprint density at radius 1 is 1.17 bits per heavy atom. The van der Waals surface area contributed by atoms with Gasteiger partial charge >= 0.3 is 0 Å². The summed E-state index contributed by atoms with van der Waals surface area (Å²) in [6, 6.07) is 8.68. The molecule has 1 aliphatic heterocycles. The van der Waals surface area contributed by atoms with Crippen LogP contribution in [0.25, 0.3) is 0 Å². The third kappa shape index (κ3) is 2.52. The molecule has 1 heterocycles. The number of nitrogens with zero attached hydrogens (tertiary/aromatic N) is 3. The zero-order valence-corrected chi connectivity index (χ0v) is 9.97. The largest absolute Gasteiger partial charge is 0.340 e. The fourth-order valence-electron chi connectivity index (χ4n) is 2.08. The molecule has 0 radical (unpaired) electrons.